The summed E-state index contributed by atoms with van der Waals surface area (Å²) in [6, 6.07) is 6.22. The molecule has 0 N–H and O–H groups in total. The number of hydrogen-bond acceptors (Lipinski definition) is 3. The van der Waals surface area contributed by atoms with Crippen molar-refractivity contribution in [2.75, 3.05) is 7.11 Å². The van der Waals surface area contributed by atoms with E-state index in [2.05, 4.69) is 9.97 Å². The summed E-state index contributed by atoms with van der Waals surface area (Å²) in [5, 5.41) is 0.337. The Morgan fingerprint density at radius 2 is 2.00 bits per heavy atom. The number of aryl methyl sites for hydroxylation is 1. The second-order valence-electron chi connectivity index (χ2n) is 3.47. The van der Waals surface area contributed by atoms with E-state index in [0.717, 1.165) is 0 Å². The van der Waals surface area contributed by atoms with Crippen LogP contribution in [-0.2, 0) is 0 Å². The molecule has 0 atom stereocenters. The van der Waals surface area contributed by atoms with Crippen LogP contribution in [0.25, 0.3) is 11.3 Å². The number of nitrogens with zero attached hydrogens (tertiary/aromatic N) is 2. The molecule has 1 aromatic heterocycles. The summed E-state index contributed by atoms with van der Waals surface area (Å²) in [6.45, 7) is 1.73. The second kappa shape index (κ2) is 4.67. The molecule has 2 aromatic rings. The van der Waals surface area contributed by atoms with Crippen LogP contribution in [0.3, 0.4) is 0 Å². The number of halogens is 2. The molecule has 0 aliphatic carbocycles. The number of ether oxygens (including phenoxy) is 1. The summed E-state index contributed by atoms with van der Waals surface area (Å²) < 4.78 is 18.4. The normalized spacial score (nSPS) is 10.4. The number of methoxy groups -OCH3 is 1. The first-order valence-electron chi connectivity index (χ1n) is 4.95. The highest BCUT2D eigenvalue weighted by molar-refractivity contribution is 6.29. The van der Waals surface area contributed by atoms with Crippen LogP contribution in [0.2, 0.25) is 5.15 Å². The van der Waals surface area contributed by atoms with Crippen LogP contribution in [0.1, 0.15) is 5.82 Å². The Labute approximate surface area is 103 Å². The summed E-state index contributed by atoms with van der Waals surface area (Å²) in [5.74, 6) is 0.312. The summed E-state index contributed by atoms with van der Waals surface area (Å²) in [4.78, 5) is 8.15. The molecular weight excluding hydrogens is 243 g/mol. The maximum absolute atomic E-state index is 13.5. The van der Waals surface area contributed by atoms with Gasteiger partial charge in [0.1, 0.15) is 11.0 Å². The smallest absolute Gasteiger partial charge is 0.165 e. The molecule has 0 spiro atoms. The average Bonchev–Trinajstić information content (AvgIpc) is 2.27. The molecule has 0 amide bonds. The molecule has 0 saturated heterocycles. The van der Waals surface area contributed by atoms with Crippen LogP contribution in [-0.4, -0.2) is 17.1 Å². The average molecular weight is 253 g/mol. The minimum Gasteiger partial charge on any atom is -0.494 e. The Balaban J connectivity index is 2.49. The van der Waals surface area contributed by atoms with Gasteiger partial charge in [0.05, 0.1) is 12.8 Å². The molecule has 0 fully saturated rings. The van der Waals surface area contributed by atoms with Crippen LogP contribution in [0.5, 0.6) is 5.75 Å². The molecule has 0 radical (unpaired) electrons. The lowest BCUT2D eigenvalue weighted by Gasteiger charge is -2.05. The van der Waals surface area contributed by atoms with Gasteiger partial charge in [0, 0.05) is 11.6 Å². The highest BCUT2D eigenvalue weighted by Gasteiger charge is 2.07. The van der Waals surface area contributed by atoms with E-state index in [1.807, 2.05) is 0 Å². The standard InChI is InChI=1S/C12H10ClFN2O/c1-7-15-10(6-12(13)16-7)8-3-4-11(17-2)9(14)5-8/h3-6H,1-2H3. The molecule has 2 rings (SSSR count). The molecule has 1 heterocycles. The van der Waals surface area contributed by atoms with Crippen LogP contribution in [0.4, 0.5) is 4.39 Å². The summed E-state index contributed by atoms with van der Waals surface area (Å²) >= 11 is 5.83. The van der Waals surface area contributed by atoms with Gasteiger partial charge < -0.3 is 4.74 Å². The minimum atomic E-state index is -0.433. The number of benzene rings is 1. The Morgan fingerprint density at radius 3 is 2.59 bits per heavy atom. The van der Waals surface area contributed by atoms with E-state index < -0.39 is 5.82 Å². The zero-order chi connectivity index (χ0) is 12.4. The van der Waals surface area contributed by atoms with Crippen molar-refractivity contribution in [2.24, 2.45) is 0 Å². The zero-order valence-electron chi connectivity index (χ0n) is 9.37. The van der Waals surface area contributed by atoms with E-state index in [1.165, 1.54) is 13.2 Å². The van der Waals surface area contributed by atoms with Crippen molar-refractivity contribution in [2.45, 2.75) is 6.92 Å². The van der Waals surface area contributed by atoms with E-state index in [-0.39, 0.29) is 5.75 Å². The van der Waals surface area contributed by atoms with Gasteiger partial charge in [-0.2, -0.15) is 0 Å². The first-order chi connectivity index (χ1) is 8.10. The quantitative estimate of drug-likeness (QED) is 0.770. The van der Waals surface area contributed by atoms with Gasteiger partial charge >= 0.3 is 0 Å². The summed E-state index contributed by atoms with van der Waals surface area (Å²) in [5.41, 5.74) is 1.22. The van der Waals surface area contributed by atoms with E-state index in [0.29, 0.717) is 22.2 Å². The van der Waals surface area contributed by atoms with Crippen LogP contribution in [0.15, 0.2) is 24.3 Å². The number of aromatic nitrogens is 2. The molecule has 17 heavy (non-hydrogen) atoms. The lowest BCUT2D eigenvalue weighted by Crippen LogP contribution is -1.93. The Morgan fingerprint density at radius 1 is 1.24 bits per heavy atom. The van der Waals surface area contributed by atoms with E-state index in [9.17, 15) is 4.39 Å². The minimum absolute atomic E-state index is 0.200. The topological polar surface area (TPSA) is 35.0 Å². The highest BCUT2D eigenvalue weighted by Crippen LogP contribution is 2.25. The van der Waals surface area contributed by atoms with Crippen molar-refractivity contribution < 1.29 is 9.13 Å². The van der Waals surface area contributed by atoms with Gasteiger partial charge in [0.2, 0.25) is 0 Å². The molecule has 0 aliphatic rings. The van der Waals surface area contributed by atoms with E-state index in [4.69, 9.17) is 16.3 Å². The zero-order valence-corrected chi connectivity index (χ0v) is 10.1. The van der Waals surface area contributed by atoms with Gasteiger partial charge in [0.15, 0.2) is 11.6 Å². The third-order valence-corrected chi connectivity index (χ3v) is 2.45. The largest absolute Gasteiger partial charge is 0.494 e. The van der Waals surface area contributed by atoms with Crippen LogP contribution in [0, 0.1) is 12.7 Å². The van der Waals surface area contributed by atoms with Gasteiger partial charge in [-0.1, -0.05) is 11.6 Å². The maximum Gasteiger partial charge on any atom is 0.165 e. The first-order valence-corrected chi connectivity index (χ1v) is 5.33. The van der Waals surface area contributed by atoms with Crippen LogP contribution >= 0.6 is 11.6 Å². The number of rotatable bonds is 2. The fraction of sp³-hybridized carbons (Fsp3) is 0.167. The third-order valence-electron chi connectivity index (χ3n) is 2.25. The van der Waals surface area contributed by atoms with Crippen molar-refractivity contribution in [1.29, 1.82) is 0 Å². The molecule has 0 aliphatic heterocycles. The molecule has 3 nitrogen and oxygen atoms in total. The lowest BCUT2D eigenvalue weighted by molar-refractivity contribution is 0.386. The Bertz CT molecular complexity index is 540. The van der Waals surface area contributed by atoms with Gasteiger partial charge in [0.25, 0.3) is 0 Å². The van der Waals surface area contributed by atoms with Gasteiger partial charge in [-0.05, 0) is 25.1 Å². The van der Waals surface area contributed by atoms with Crippen molar-refractivity contribution >= 4 is 11.6 Å². The Kier molecular flexibility index (Phi) is 3.24. The SMILES string of the molecule is COc1ccc(-c2cc(Cl)nc(C)n2)cc1F. The fourth-order valence-electron chi connectivity index (χ4n) is 1.50. The third kappa shape index (κ3) is 2.53. The lowest BCUT2D eigenvalue weighted by atomic mass is 10.1. The van der Waals surface area contributed by atoms with E-state index in [1.54, 1.807) is 25.1 Å². The van der Waals surface area contributed by atoms with Gasteiger partial charge in [-0.3, -0.25) is 0 Å². The van der Waals surface area contributed by atoms with E-state index >= 15 is 0 Å². The van der Waals surface area contributed by atoms with Crippen molar-refractivity contribution in [3.63, 3.8) is 0 Å². The molecule has 0 bridgehead atoms. The first kappa shape index (κ1) is 11.8. The molecule has 88 valence electrons. The van der Waals surface area contributed by atoms with Gasteiger partial charge in [-0.25, -0.2) is 14.4 Å². The van der Waals surface area contributed by atoms with Crippen molar-refractivity contribution in [3.05, 3.63) is 41.1 Å². The fourth-order valence-corrected chi connectivity index (χ4v) is 1.73. The molecular formula is C12H10ClFN2O. The van der Waals surface area contributed by atoms with Gasteiger partial charge in [-0.15, -0.1) is 0 Å². The molecule has 0 unspecified atom stereocenters. The Hall–Kier alpha value is -1.68. The summed E-state index contributed by atoms with van der Waals surface area (Å²) in [6.07, 6.45) is 0. The monoisotopic (exact) mass is 252 g/mol. The van der Waals surface area contributed by atoms with Crippen LogP contribution < -0.4 is 4.74 Å². The molecule has 5 heteroatoms. The molecule has 0 saturated carbocycles. The highest BCUT2D eigenvalue weighted by atomic mass is 35.5. The van der Waals surface area contributed by atoms with Crippen molar-refractivity contribution in [3.8, 4) is 17.0 Å². The summed E-state index contributed by atoms with van der Waals surface area (Å²) in [7, 11) is 1.42. The predicted molar refractivity (Wildman–Crippen MR) is 63.7 cm³/mol. The molecule has 1 aromatic carbocycles. The number of hydrogen-bond donors (Lipinski definition) is 0. The predicted octanol–water partition coefficient (Wildman–Crippen LogP) is 3.25. The second-order valence-corrected chi connectivity index (χ2v) is 3.86. The van der Waals surface area contributed by atoms with Crippen molar-refractivity contribution in [1.82, 2.24) is 9.97 Å². The maximum atomic E-state index is 13.5.